The van der Waals surface area contributed by atoms with E-state index >= 15 is 0 Å². The van der Waals surface area contributed by atoms with E-state index in [9.17, 15) is 31.7 Å². The first-order chi connectivity index (χ1) is 51.9. The summed E-state index contributed by atoms with van der Waals surface area (Å²) in [4.78, 5) is 57.9. The second-order valence-electron chi connectivity index (χ2n) is 26.9. The maximum Gasteiger partial charge on any atom is 0.361 e. The highest BCUT2D eigenvalue weighted by atomic mass is 35.5. The number of amides is 2. The van der Waals surface area contributed by atoms with Gasteiger partial charge >= 0.3 is 7.60 Å². The molecule has 6 heterocycles. The van der Waals surface area contributed by atoms with Crippen molar-refractivity contribution in [3.05, 3.63) is 143 Å². The minimum atomic E-state index is -3.62. The normalized spacial score (nSPS) is 15.4. The van der Waals surface area contributed by atoms with Gasteiger partial charge in [0.1, 0.15) is 59.0 Å². The highest BCUT2D eigenvalue weighted by Crippen LogP contribution is 2.48. The van der Waals surface area contributed by atoms with Crippen molar-refractivity contribution in [2.45, 2.75) is 88.6 Å². The number of carbonyl (C=O) groups excluding carboxylic acids is 2. The Morgan fingerprint density at radius 2 is 1.15 bits per heavy atom. The van der Waals surface area contributed by atoms with Crippen LogP contribution in [0.25, 0.3) is 0 Å². The molecule has 9 N–H and O–H groups in total. The number of halogens is 2. The van der Waals surface area contributed by atoms with Gasteiger partial charge in [0.2, 0.25) is 23.8 Å². The fourth-order valence-corrected chi connectivity index (χ4v) is 17.2. The summed E-state index contributed by atoms with van der Waals surface area (Å²) in [7, 11) is -5.11. The van der Waals surface area contributed by atoms with Gasteiger partial charge in [-0.25, -0.2) is 23.4 Å². The Morgan fingerprint density at radius 3 is 1.70 bits per heavy atom. The number of anilines is 11. The summed E-state index contributed by atoms with van der Waals surface area (Å²) in [6.07, 6.45) is 9.19. The lowest BCUT2D eigenvalue weighted by molar-refractivity contribution is -0.121. The number of ether oxygens (including phenoxy) is 3. The quantitative estimate of drug-likeness (QED) is 0.0211. The molecule has 0 spiro atoms. The number of nitrogens with two attached hydrogens (primary N) is 1. The smallest absolute Gasteiger partial charge is 0.361 e. The third-order valence-corrected chi connectivity index (χ3v) is 26.2. The summed E-state index contributed by atoms with van der Waals surface area (Å²) in [5.41, 5.74) is 9.52. The second-order valence-corrected chi connectivity index (χ2v) is 38.6. The van der Waals surface area contributed by atoms with Gasteiger partial charge in [-0.05, 0) is 166 Å². The lowest BCUT2D eigenvalue weighted by atomic mass is 10.0. The molecule has 35 heteroatoms. The van der Waals surface area contributed by atoms with Crippen LogP contribution >= 0.6 is 45.1 Å². The zero-order chi connectivity index (χ0) is 78.8. The van der Waals surface area contributed by atoms with Gasteiger partial charge in [0.05, 0.1) is 85.1 Å². The van der Waals surface area contributed by atoms with E-state index < -0.39 is 48.9 Å². The minimum Gasteiger partial charge on any atom is -0.495 e. The van der Waals surface area contributed by atoms with E-state index in [1.54, 1.807) is 135 Å². The fraction of sp³-hybridized carbons (Fsp3) is 0.405. The summed E-state index contributed by atoms with van der Waals surface area (Å²) in [5, 5.41) is 23.5. The zero-order valence-corrected chi connectivity index (χ0v) is 68.4. The number of likely N-dealkylation sites (N-methyl/N-ethyl adjacent to an activating group) is 1. The second kappa shape index (κ2) is 38.3. The van der Waals surface area contributed by atoms with Crippen LogP contribution in [0.5, 0.6) is 17.2 Å². The molecule has 0 radical (unpaired) electrons. The molecule has 2 amide bonds. The summed E-state index contributed by atoms with van der Waals surface area (Å²) in [6.45, 7) is 21.7. The molecule has 586 valence electrons. The first kappa shape index (κ1) is 84.4. The molecule has 3 saturated heterocycles. The van der Waals surface area contributed by atoms with Crippen molar-refractivity contribution in [1.82, 2.24) is 45.0 Å². The van der Waals surface area contributed by atoms with Crippen LogP contribution < -0.4 is 78.0 Å². The zero-order valence-electron chi connectivity index (χ0n) is 63.4. The van der Waals surface area contributed by atoms with Crippen molar-refractivity contribution < 1.29 is 55.0 Å². The van der Waals surface area contributed by atoms with Gasteiger partial charge in [0.25, 0.3) is 5.91 Å². The molecule has 3 fully saturated rings. The highest BCUT2D eigenvalue weighted by molar-refractivity contribution is 7.92. The Bertz CT molecular complexity index is 4750. The molecule has 8 aromatic rings. The Hall–Kier alpha value is -8.66. The summed E-state index contributed by atoms with van der Waals surface area (Å²) < 4.78 is 91.7. The van der Waals surface area contributed by atoms with E-state index in [4.69, 9.17) is 52.2 Å². The van der Waals surface area contributed by atoms with Crippen LogP contribution in [-0.4, -0.2) is 191 Å². The van der Waals surface area contributed by atoms with Gasteiger partial charge in [-0.1, -0.05) is 53.5 Å². The molecule has 11 rings (SSSR count). The molecule has 0 bridgehead atoms. The summed E-state index contributed by atoms with van der Waals surface area (Å²) in [5.74, 6) is 2.43. The number of para-hydroxylation sites is 1. The predicted molar refractivity (Wildman–Crippen MR) is 437 cm³/mol. The van der Waals surface area contributed by atoms with Gasteiger partial charge in [0, 0.05) is 87.0 Å². The van der Waals surface area contributed by atoms with E-state index in [1.807, 2.05) is 24.3 Å². The number of aromatic nitrogens is 6. The Labute approximate surface area is 647 Å². The van der Waals surface area contributed by atoms with Gasteiger partial charge in [0.15, 0.2) is 21.5 Å². The van der Waals surface area contributed by atoms with Crippen molar-refractivity contribution in [1.29, 1.82) is 0 Å². The largest absolute Gasteiger partial charge is 0.495 e. The first-order valence-corrected chi connectivity index (χ1v) is 44.7. The number of nitrogens with zero attached hydrogens (tertiary/aromatic N) is 9. The summed E-state index contributed by atoms with van der Waals surface area (Å²) >= 11 is 12.7. The van der Waals surface area contributed by atoms with Gasteiger partial charge in [-0.3, -0.25) is 19.1 Å². The third kappa shape index (κ3) is 22.5. The third-order valence-electron chi connectivity index (χ3n) is 18.2. The van der Waals surface area contributed by atoms with Crippen LogP contribution in [0.3, 0.4) is 0 Å². The number of rotatable bonds is 28. The van der Waals surface area contributed by atoms with E-state index in [0.717, 1.165) is 74.4 Å². The van der Waals surface area contributed by atoms with Crippen LogP contribution in [0.4, 0.5) is 63.7 Å². The first-order valence-electron chi connectivity index (χ1n) is 35.7. The standard InChI is InChI=1S/C32H45ClN7O4P.C23H28N5O5PS.C19H25ClN5O3P/c1-5-43-45(41,44-6-2)30-10-8-7-9-24(30)22-34-31-27(33)23-35-32(37-31)36-28-12-11-26(21-29(28)42-4)39-15-13-25(14-16-39)40-19-17-38(3)18-20-40;1-14(2)35(31,32)20-9-7-6-8-18(20)26-22-16(21(24)29)13-25-23(28-22)27-17-11-10-15(34(4,5)30)12-19(17)33-3;1-28-16-10-12(29(2,3)27)7-8-14(16)24-19-22-11-13(20)17(25-19)23-15-6-4-5-9-21-18(15)26/h7-12,21,23,25H,5-6,13-20,22H2,1-4H3,(H2,34,35,36,37);6-14H,1-5H3,(H2,24,29)(H2,25,26,27,28);7-8,10-11,15H,4-6,9H2,1-3H3,(H,21,26)(H2,22,23,24,25). The van der Waals surface area contributed by atoms with Crippen molar-refractivity contribution >= 4 is 146 Å². The molecule has 1 unspecified atom stereocenters. The topological polar surface area (TPSA) is 363 Å². The molecule has 109 heavy (non-hydrogen) atoms. The molecule has 3 aliphatic rings. The Balaban J connectivity index is 0.000000193. The summed E-state index contributed by atoms with van der Waals surface area (Å²) in [6, 6.07) is 30.5. The predicted octanol–water partition coefficient (Wildman–Crippen LogP) is 12.3. The van der Waals surface area contributed by atoms with Crippen LogP contribution in [0.2, 0.25) is 10.0 Å². The van der Waals surface area contributed by atoms with Gasteiger partial charge in [-0.2, -0.15) is 15.0 Å². The number of primary amides is 1. The van der Waals surface area contributed by atoms with Gasteiger partial charge < -0.3 is 85.1 Å². The number of piperazine rings is 1. The average Bonchev–Trinajstić information content (AvgIpc) is 1.01. The Morgan fingerprint density at radius 1 is 0.633 bits per heavy atom. The highest BCUT2D eigenvalue weighted by Gasteiger charge is 2.32. The maximum absolute atomic E-state index is 13.5. The van der Waals surface area contributed by atoms with Crippen molar-refractivity contribution in [3.63, 3.8) is 0 Å². The number of nitrogens with one attached hydrogen (secondary N) is 7. The molecule has 5 aromatic carbocycles. The van der Waals surface area contributed by atoms with E-state index in [1.165, 1.54) is 38.4 Å². The lowest BCUT2D eigenvalue weighted by Gasteiger charge is -2.42. The van der Waals surface area contributed by atoms with Crippen LogP contribution in [0.15, 0.2) is 127 Å². The molecular formula is C74H98Cl2N17O12P3S. The minimum absolute atomic E-state index is 0.0208. The van der Waals surface area contributed by atoms with Crippen LogP contribution in [0, 0.1) is 0 Å². The average molecular weight is 1610 g/mol. The molecule has 3 aromatic heterocycles. The maximum atomic E-state index is 13.5. The number of piperidine rings is 1. The number of sulfone groups is 1. The number of hydrogen-bond donors (Lipinski definition) is 8. The number of benzene rings is 5. The molecule has 3 aliphatic heterocycles. The van der Waals surface area contributed by atoms with Crippen LogP contribution in [-0.2, 0) is 43.9 Å². The van der Waals surface area contributed by atoms with E-state index in [2.05, 4.69) is 101 Å². The number of carbonyl (C=O) groups is 2. The monoisotopic (exact) mass is 1610 g/mol. The van der Waals surface area contributed by atoms with Crippen LogP contribution in [0.1, 0.15) is 75.7 Å². The molecule has 0 saturated carbocycles. The van der Waals surface area contributed by atoms with E-state index in [-0.39, 0.29) is 47.0 Å². The van der Waals surface area contributed by atoms with Crippen molar-refractivity contribution in [3.8, 4) is 17.2 Å². The lowest BCUT2D eigenvalue weighted by Crippen LogP contribution is -2.52. The number of hydrogen-bond acceptors (Lipinski definition) is 27. The molecule has 0 aliphatic carbocycles. The fourth-order valence-electron chi connectivity index (χ4n) is 12.1. The van der Waals surface area contributed by atoms with E-state index in [0.29, 0.717) is 98.4 Å². The van der Waals surface area contributed by atoms with Gasteiger partial charge in [-0.15, -0.1) is 0 Å². The molecular weight excluding hydrogens is 1510 g/mol. The Kier molecular flexibility index (Phi) is 29.7. The SMILES string of the molecule is CCOP(=O)(OCC)c1ccccc1CNc1nc(Nc2ccc(N3CCC(N4CCN(C)CC4)CC3)cc2OC)ncc1Cl.COc1cc(P(C)(C)=O)ccc1Nc1ncc(C(N)=O)c(Nc2ccccc2S(=O)(=O)C(C)C)n1.COc1cc(P(C)(C)=O)ccc1Nc1ncc(Cl)c(NC2CCCCNC2=O)n1. The van der Waals surface area contributed by atoms with Crippen molar-refractivity contribution in [2.75, 3.05) is 151 Å². The molecule has 1 atom stereocenters. The van der Waals surface area contributed by atoms with Crippen molar-refractivity contribution in [2.24, 2.45) is 5.73 Å². The number of methoxy groups -OCH3 is 3. The molecule has 29 nitrogen and oxygen atoms in total.